The lowest BCUT2D eigenvalue weighted by Gasteiger charge is -2.00. The molecule has 0 spiro atoms. The van der Waals surface area contributed by atoms with Crippen molar-refractivity contribution in [1.29, 1.82) is 0 Å². The number of hydrogen-bond acceptors (Lipinski definition) is 3. The van der Waals surface area contributed by atoms with Gasteiger partial charge >= 0.3 is 0 Å². The first-order chi connectivity index (χ1) is 7.75. The maximum Gasteiger partial charge on any atom is 0.125 e. The Labute approximate surface area is 98.1 Å². The Balaban J connectivity index is 2.32. The van der Waals surface area contributed by atoms with Gasteiger partial charge < -0.3 is 5.11 Å². The second-order valence-electron chi connectivity index (χ2n) is 3.17. The Hall–Kier alpha value is -1.87. The summed E-state index contributed by atoms with van der Waals surface area (Å²) < 4.78 is 0. The number of halogens is 1. The molecule has 1 aromatic carbocycles. The van der Waals surface area contributed by atoms with Crippen LogP contribution in [0.5, 0.6) is 0 Å². The third-order valence-electron chi connectivity index (χ3n) is 2.01. The van der Waals surface area contributed by atoms with E-state index in [1.807, 2.05) is 0 Å². The highest BCUT2D eigenvalue weighted by Gasteiger charge is 2.00. The fourth-order valence-electron chi connectivity index (χ4n) is 1.26. The van der Waals surface area contributed by atoms with E-state index in [0.717, 1.165) is 0 Å². The van der Waals surface area contributed by atoms with Gasteiger partial charge in [0.15, 0.2) is 0 Å². The van der Waals surface area contributed by atoms with Gasteiger partial charge in [0.2, 0.25) is 0 Å². The van der Waals surface area contributed by atoms with Crippen molar-refractivity contribution in [3.8, 4) is 0 Å². The van der Waals surface area contributed by atoms with Crippen LogP contribution in [0.4, 0.5) is 0 Å². The van der Waals surface area contributed by atoms with Gasteiger partial charge in [0.1, 0.15) is 12.1 Å². The van der Waals surface area contributed by atoms with Gasteiger partial charge in [-0.15, -0.1) is 0 Å². The highest BCUT2D eigenvalue weighted by atomic mass is 35.5. The van der Waals surface area contributed by atoms with Crippen molar-refractivity contribution in [2.75, 3.05) is 0 Å². The van der Waals surface area contributed by atoms with E-state index in [9.17, 15) is 5.11 Å². The van der Waals surface area contributed by atoms with Gasteiger partial charge in [-0.05, 0) is 18.2 Å². The minimum absolute atomic E-state index is 0.126. The van der Waals surface area contributed by atoms with E-state index in [4.69, 9.17) is 11.6 Å². The Morgan fingerprint density at radius 3 is 2.88 bits per heavy atom. The zero-order valence-electron chi connectivity index (χ0n) is 8.34. The van der Waals surface area contributed by atoms with E-state index in [-0.39, 0.29) is 5.76 Å². The van der Waals surface area contributed by atoms with Crippen LogP contribution in [-0.2, 0) is 0 Å². The Morgan fingerprint density at radius 1 is 1.31 bits per heavy atom. The van der Waals surface area contributed by atoms with Crippen LogP contribution >= 0.6 is 11.6 Å². The maximum absolute atomic E-state index is 9.84. The zero-order valence-corrected chi connectivity index (χ0v) is 9.09. The molecule has 0 aliphatic rings. The molecule has 1 heterocycles. The van der Waals surface area contributed by atoms with Crippen LogP contribution in [0.2, 0.25) is 5.02 Å². The predicted octanol–water partition coefficient (Wildman–Crippen LogP) is 3.19. The van der Waals surface area contributed by atoms with Crippen molar-refractivity contribution < 1.29 is 5.11 Å². The summed E-state index contributed by atoms with van der Waals surface area (Å²) in [4.78, 5) is 7.78. The van der Waals surface area contributed by atoms with Crippen LogP contribution in [0.15, 0.2) is 42.9 Å². The Kier molecular flexibility index (Phi) is 3.17. The molecule has 1 N–H and O–H groups in total. The number of rotatable bonds is 2. The monoisotopic (exact) mass is 232 g/mol. The lowest BCUT2D eigenvalue weighted by atomic mass is 10.1. The van der Waals surface area contributed by atoms with Gasteiger partial charge in [-0.3, -0.25) is 0 Å². The van der Waals surface area contributed by atoms with E-state index in [1.54, 1.807) is 42.6 Å². The molecule has 2 aromatic rings. The van der Waals surface area contributed by atoms with Gasteiger partial charge in [-0.25, -0.2) is 9.97 Å². The molecule has 2 rings (SSSR count). The van der Waals surface area contributed by atoms with E-state index >= 15 is 0 Å². The summed E-state index contributed by atoms with van der Waals surface area (Å²) in [6, 6.07) is 8.71. The number of benzene rings is 1. The summed E-state index contributed by atoms with van der Waals surface area (Å²) in [6.07, 6.45) is 4.61. The molecular formula is C12H9ClN2O. The van der Waals surface area contributed by atoms with Crippen molar-refractivity contribution in [3.63, 3.8) is 0 Å². The summed E-state index contributed by atoms with van der Waals surface area (Å²) in [7, 11) is 0. The SMILES string of the molecule is OC(=Cc1ccncn1)c1cccc(Cl)c1. The molecule has 0 atom stereocenters. The van der Waals surface area contributed by atoms with Crippen LogP contribution in [0, 0.1) is 0 Å². The first-order valence-corrected chi connectivity index (χ1v) is 5.06. The summed E-state index contributed by atoms with van der Waals surface area (Å²) >= 11 is 5.83. The molecule has 16 heavy (non-hydrogen) atoms. The molecule has 0 saturated carbocycles. The Morgan fingerprint density at radius 2 is 2.19 bits per heavy atom. The topological polar surface area (TPSA) is 46.0 Å². The minimum Gasteiger partial charge on any atom is -0.507 e. The second-order valence-corrected chi connectivity index (χ2v) is 3.61. The van der Waals surface area contributed by atoms with E-state index in [2.05, 4.69) is 9.97 Å². The standard InChI is InChI=1S/C12H9ClN2O/c13-10-3-1-2-9(6-10)12(16)7-11-4-5-14-8-15-11/h1-8,16H. The molecule has 80 valence electrons. The molecule has 0 fully saturated rings. The van der Waals surface area contributed by atoms with Crippen molar-refractivity contribution in [1.82, 2.24) is 9.97 Å². The van der Waals surface area contributed by atoms with Crippen LogP contribution < -0.4 is 0 Å². The zero-order chi connectivity index (χ0) is 11.4. The molecule has 1 aromatic heterocycles. The number of aliphatic hydroxyl groups is 1. The number of aliphatic hydroxyl groups excluding tert-OH is 1. The molecule has 4 heteroatoms. The molecule has 0 saturated heterocycles. The van der Waals surface area contributed by atoms with Gasteiger partial charge in [0.25, 0.3) is 0 Å². The normalized spacial score (nSPS) is 11.4. The molecule has 0 bridgehead atoms. The lowest BCUT2D eigenvalue weighted by Crippen LogP contribution is -1.85. The number of nitrogens with zero attached hydrogens (tertiary/aromatic N) is 2. The fraction of sp³-hybridized carbons (Fsp3) is 0. The fourth-order valence-corrected chi connectivity index (χ4v) is 1.45. The molecule has 0 aliphatic heterocycles. The van der Waals surface area contributed by atoms with Crippen molar-refractivity contribution >= 4 is 23.4 Å². The van der Waals surface area contributed by atoms with Crippen LogP contribution in [0.3, 0.4) is 0 Å². The van der Waals surface area contributed by atoms with E-state index in [1.165, 1.54) is 6.33 Å². The summed E-state index contributed by atoms with van der Waals surface area (Å²) in [5.74, 6) is 0.126. The number of hydrogen-bond donors (Lipinski definition) is 1. The van der Waals surface area contributed by atoms with Gasteiger partial charge in [0.05, 0.1) is 5.69 Å². The quantitative estimate of drug-likeness (QED) is 0.809. The molecule has 0 aliphatic carbocycles. The van der Waals surface area contributed by atoms with E-state index < -0.39 is 0 Å². The lowest BCUT2D eigenvalue weighted by molar-refractivity contribution is 0.515. The van der Waals surface area contributed by atoms with Crippen molar-refractivity contribution in [3.05, 3.63) is 59.1 Å². The highest BCUT2D eigenvalue weighted by molar-refractivity contribution is 6.30. The smallest absolute Gasteiger partial charge is 0.125 e. The molecular weight excluding hydrogens is 224 g/mol. The number of aromatic nitrogens is 2. The molecule has 0 amide bonds. The summed E-state index contributed by atoms with van der Waals surface area (Å²) in [5, 5.41) is 10.4. The van der Waals surface area contributed by atoms with Crippen LogP contribution in [-0.4, -0.2) is 15.1 Å². The highest BCUT2D eigenvalue weighted by Crippen LogP contribution is 2.18. The Bertz CT molecular complexity index is 511. The average Bonchev–Trinajstić information content (AvgIpc) is 2.30. The molecule has 0 radical (unpaired) electrons. The third-order valence-corrected chi connectivity index (χ3v) is 2.24. The van der Waals surface area contributed by atoms with E-state index in [0.29, 0.717) is 16.3 Å². The minimum atomic E-state index is 0.126. The predicted molar refractivity (Wildman–Crippen MR) is 64.0 cm³/mol. The summed E-state index contributed by atoms with van der Waals surface area (Å²) in [6.45, 7) is 0. The molecule has 3 nitrogen and oxygen atoms in total. The van der Waals surface area contributed by atoms with Gasteiger partial charge in [0, 0.05) is 22.9 Å². The van der Waals surface area contributed by atoms with Crippen LogP contribution in [0.25, 0.3) is 11.8 Å². The maximum atomic E-state index is 9.84. The van der Waals surface area contributed by atoms with Crippen molar-refractivity contribution in [2.45, 2.75) is 0 Å². The van der Waals surface area contributed by atoms with Gasteiger partial charge in [-0.2, -0.15) is 0 Å². The third kappa shape index (κ3) is 2.58. The summed E-state index contributed by atoms with van der Waals surface area (Å²) in [5.41, 5.74) is 1.30. The first kappa shape index (κ1) is 10.6. The molecule has 0 unspecified atom stereocenters. The van der Waals surface area contributed by atoms with Gasteiger partial charge in [-0.1, -0.05) is 23.7 Å². The largest absolute Gasteiger partial charge is 0.507 e. The van der Waals surface area contributed by atoms with Crippen LogP contribution in [0.1, 0.15) is 11.3 Å². The average molecular weight is 233 g/mol. The first-order valence-electron chi connectivity index (χ1n) is 4.68. The van der Waals surface area contributed by atoms with Crippen molar-refractivity contribution in [2.24, 2.45) is 0 Å². The second kappa shape index (κ2) is 4.77.